The first-order valence-corrected chi connectivity index (χ1v) is 7.40. The lowest BCUT2D eigenvalue weighted by molar-refractivity contribution is -0.138. The van der Waals surface area contributed by atoms with Crippen LogP contribution in [0.5, 0.6) is 0 Å². The number of hydrogen-bond acceptors (Lipinski definition) is 4. The number of nitrogens with zero attached hydrogens (tertiary/aromatic N) is 1. The van der Waals surface area contributed by atoms with E-state index in [0.717, 1.165) is 12.8 Å². The molecule has 4 nitrogen and oxygen atoms in total. The smallest absolute Gasteiger partial charge is 0.243 e. The average Bonchev–Trinajstić information content (AvgIpc) is 3.13. The maximum absolute atomic E-state index is 12.2. The van der Waals surface area contributed by atoms with Gasteiger partial charge in [-0.05, 0) is 25.0 Å². The van der Waals surface area contributed by atoms with Gasteiger partial charge in [0.25, 0.3) is 0 Å². The van der Waals surface area contributed by atoms with Crippen molar-refractivity contribution in [3.63, 3.8) is 0 Å². The molecule has 1 aromatic carbocycles. The lowest BCUT2D eigenvalue weighted by atomic mass is 10.3. The molecular formula is C13H13ClN2O2S. The minimum Gasteiger partial charge on any atom is -0.398 e. The fourth-order valence-electron chi connectivity index (χ4n) is 2.22. The fourth-order valence-corrected chi connectivity index (χ4v) is 3.65. The minimum atomic E-state index is -0.393. The van der Waals surface area contributed by atoms with E-state index in [0.29, 0.717) is 15.6 Å². The van der Waals surface area contributed by atoms with Crippen LogP contribution in [0.1, 0.15) is 19.3 Å². The van der Waals surface area contributed by atoms with E-state index >= 15 is 0 Å². The number of likely N-dealkylation sites (tertiary alicyclic amines) is 1. The van der Waals surface area contributed by atoms with Gasteiger partial charge in [0.2, 0.25) is 11.8 Å². The van der Waals surface area contributed by atoms with Crippen molar-refractivity contribution in [1.82, 2.24) is 4.90 Å². The van der Waals surface area contributed by atoms with Crippen LogP contribution in [-0.2, 0) is 9.59 Å². The number of rotatable bonds is 3. The molecule has 2 fully saturated rings. The molecule has 1 saturated heterocycles. The molecule has 1 aromatic rings. The molecule has 0 radical (unpaired) electrons. The topological polar surface area (TPSA) is 63.4 Å². The summed E-state index contributed by atoms with van der Waals surface area (Å²) in [6.45, 7) is 0. The Morgan fingerprint density at radius 3 is 2.68 bits per heavy atom. The van der Waals surface area contributed by atoms with E-state index in [-0.39, 0.29) is 24.3 Å². The molecule has 1 saturated carbocycles. The second-order valence-electron chi connectivity index (χ2n) is 4.80. The molecule has 1 unspecified atom stereocenters. The largest absolute Gasteiger partial charge is 0.398 e. The zero-order chi connectivity index (χ0) is 13.6. The van der Waals surface area contributed by atoms with E-state index in [2.05, 4.69) is 0 Å². The summed E-state index contributed by atoms with van der Waals surface area (Å²) >= 11 is 7.39. The summed E-state index contributed by atoms with van der Waals surface area (Å²) in [5, 5.41) is 0.130. The third-order valence-corrected chi connectivity index (χ3v) is 5.08. The van der Waals surface area contributed by atoms with Crippen molar-refractivity contribution in [1.29, 1.82) is 0 Å². The van der Waals surface area contributed by atoms with E-state index in [1.165, 1.54) is 16.7 Å². The number of anilines is 1. The number of nitrogens with two attached hydrogens (primary N) is 1. The molecule has 0 bridgehead atoms. The first-order valence-electron chi connectivity index (χ1n) is 6.14. The quantitative estimate of drug-likeness (QED) is 0.687. The monoisotopic (exact) mass is 296 g/mol. The molecule has 2 N–H and O–H groups in total. The van der Waals surface area contributed by atoms with Gasteiger partial charge in [0.05, 0.1) is 10.3 Å². The molecule has 3 rings (SSSR count). The van der Waals surface area contributed by atoms with Crippen molar-refractivity contribution >= 4 is 40.9 Å². The van der Waals surface area contributed by atoms with Gasteiger partial charge in [0, 0.05) is 23.0 Å². The second-order valence-corrected chi connectivity index (χ2v) is 6.42. The van der Waals surface area contributed by atoms with E-state index in [1.54, 1.807) is 18.2 Å². The molecule has 0 aromatic heterocycles. The van der Waals surface area contributed by atoms with Gasteiger partial charge < -0.3 is 5.73 Å². The summed E-state index contributed by atoms with van der Waals surface area (Å²) in [6, 6.07) is 5.38. The van der Waals surface area contributed by atoms with Gasteiger partial charge >= 0.3 is 0 Å². The van der Waals surface area contributed by atoms with E-state index in [9.17, 15) is 9.59 Å². The van der Waals surface area contributed by atoms with Gasteiger partial charge in [-0.1, -0.05) is 17.7 Å². The lowest BCUT2D eigenvalue weighted by Gasteiger charge is -2.14. The van der Waals surface area contributed by atoms with E-state index in [1.807, 2.05) is 0 Å². The van der Waals surface area contributed by atoms with Gasteiger partial charge in [0.15, 0.2) is 0 Å². The zero-order valence-corrected chi connectivity index (χ0v) is 11.7. The number of carbonyl (C=O) groups excluding carboxylic acids is 2. The van der Waals surface area contributed by atoms with Crippen LogP contribution >= 0.6 is 23.4 Å². The highest BCUT2D eigenvalue weighted by Crippen LogP contribution is 2.41. The number of thioether (sulfide) groups is 1. The normalized spacial score (nSPS) is 23.2. The number of imide groups is 1. The Morgan fingerprint density at radius 1 is 1.32 bits per heavy atom. The molecule has 2 amide bonds. The van der Waals surface area contributed by atoms with Crippen molar-refractivity contribution in [3.8, 4) is 0 Å². The van der Waals surface area contributed by atoms with Crippen LogP contribution in [0.2, 0.25) is 5.02 Å². The van der Waals surface area contributed by atoms with Crippen molar-refractivity contribution in [2.45, 2.75) is 35.4 Å². The molecule has 1 aliphatic carbocycles. The summed E-state index contributed by atoms with van der Waals surface area (Å²) < 4.78 is 0. The third kappa shape index (κ3) is 2.32. The molecule has 100 valence electrons. The van der Waals surface area contributed by atoms with Crippen molar-refractivity contribution < 1.29 is 9.59 Å². The Bertz CT molecular complexity index is 539. The van der Waals surface area contributed by atoms with Gasteiger partial charge in [-0.25, -0.2) is 0 Å². The molecule has 2 aliphatic rings. The highest BCUT2D eigenvalue weighted by atomic mass is 35.5. The van der Waals surface area contributed by atoms with Gasteiger partial charge in [-0.2, -0.15) is 0 Å². The number of benzene rings is 1. The maximum Gasteiger partial charge on any atom is 0.243 e. The lowest BCUT2D eigenvalue weighted by Crippen LogP contribution is -2.33. The third-order valence-electron chi connectivity index (χ3n) is 3.31. The van der Waals surface area contributed by atoms with E-state index < -0.39 is 5.25 Å². The summed E-state index contributed by atoms with van der Waals surface area (Å²) in [7, 11) is 0. The Labute approximate surface area is 120 Å². The fraction of sp³-hybridized carbons (Fsp3) is 0.385. The van der Waals surface area contributed by atoms with Crippen LogP contribution in [-0.4, -0.2) is 28.0 Å². The van der Waals surface area contributed by atoms with Crippen LogP contribution in [0.15, 0.2) is 23.1 Å². The maximum atomic E-state index is 12.2. The first kappa shape index (κ1) is 12.8. The van der Waals surface area contributed by atoms with Crippen LogP contribution in [0.3, 0.4) is 0 Å². The standard InChI is InChI=1S/C13H13ClN2O2S/c14-8-2-1-3-9(15)12(8)19-10-6-11(17)16(13(10)18)7-4-5-7/h1-3,7,10H,4-6,15H2. The highest BCUT2D eigenvalue weighted by molar-refractivity contribution is 8.01. The van der Waals surface area contributed by atoms with Crippen molar-refractivity contribution in [3.05, 3.63) is 23.2 Å². The Morgan fingerprint density at radius 2 is 2.05 bits per heavy atom. The second kappa shape index (κ2) is 4.72. The van der Waals surface area contributed by atoms with Gasteiger partial charge in [0.1, 0.15) is 0 Å². The summed E-state index contributed by atoms with van der Waals surface area (Å²) in [5.41, 5.74) is 6.42. The van der Waals surface area contributed by atoms with Crippen molar-refractivity contribution in [2.75, 3.05) is 5.73 Å². The van der Waals surface area contributed by atoms with E-state index in [4.69, 9.17) is 17.3 Å². The molecule has 1 atom stereocenters. The number of halogens is 1. The van der Waals surface area contributed by atoms with Crippen LogP contribution in [0, 0.1) is 0 Å². The Hall–Kier alpha value is -1.20. The summed E-state index contributed by atoms with van der Waals surface area (Å²) in [4.78, 5) is 26.2. The molecular weight excluding hydrogens is 284 g/mol. The summed E-state index contributed by atoms with van der Waals surface area (Å²) in [5.74, 6) is -0.174. The average molecular weight is 297 g/mol. The molecule has 0 spiro atoms. The number of amides is 2. The molecule has 1 heterocycles. The number of nitrogen functional groups attached to an aromatic ring is 1. The van der Waals surface area contributed by atoms with Gasteiger partial charge in [-0.15, -0.1) is 11.8 Å². The van der Waals surface area contributed by atoms with Crippen LogP contribution in [0.4, 0.5) is 5.69 Å². The zero-order valence-electron chi connectivity index (χ0n) is 10.1. The summed E-state index contributed by atoms with van der Waals surface area (Å²) in [6.07, 6.45) is 2.11. The number of hydrogen-bond donors (Lipinski definition) is 1. The highest BCUT2D eigenvalue weighted by Gasteiger charge is 2.46. The molecule has 6 heteroatoms. The van der Waals surface area contributed by atoms with Crippen LogP contribution in [0.25, 0.3) is 0 Å². The van der Waals surface area contributed by atoms with Gasteiger partial charge in [-0.3, -0.25) is 14.5 Å². The SMILES string of the molecule is Nc1cccc(Cl)c1SC1CC(=O)N(C2CC2)C1=O. The first-order chi connectivity index (χ1) is 9.08. The Balaban J connectivity index is 1.81. The predicted molar refractivity (Wildman–Crippen MR) is 75.0 cm³/mol. The van der Waals surface area contributed by atoms with Crippen LogP contribution < -0.4 is 5.73 Å². The Kier molecular flexibility index (Phi) is 3.19. The molecule has 1 aliphatic heterocycles. The van der Waals surface area contributed by atoms with Crippen molar-refractivity contribution in [2.24, 2.45) is 0 Å². The minimum absolute atomic E-state index is 0.0735. The predicted octanol–water partition coefficient (Wildman–Crippen LogP) is 2.30. The number of carbonyl (C=O) groups is 2. The molecule has 19 heavy (non-hydrogen) atoms.